The van der Waals surface area contributed by atoms with E-state index in [1.54, 1.807) is 0 Å². The maximum Gasteiger partial charge on any atom is 0.0712 e. The molecule has 0 aliphatic heterocycles. The van der Waals surface area contributed by atoms with E-state index >= 15 is 0 Å². The molecule has 0 spiro atoms. The van der Waals surface area contributed by atoms with E-state index < -0.39 is 0 Å². The average molecular weight is 303 g/mol. The topological polar surface area (TPSA) is 12.9 Å². The number of hydrogen-bond donors (Lipinski definition) is 0. The fraction of sp³-hybridized carbons (Fsp3) is 0.409. The molecule has 1 heterocycles. The van der Waals surface area contributed by atoms with Gasteiger partial charge in [0.1, 0.15) is 0 Å². The lowest BCUT2D eigenvalue weighted by molar-refractivity contribution is 0.278. The third-order valence-corrected chi connectivity index (χ3v) is 5.64. The number of hydrogen-bond acceptors (Lipinski definition) is 1. The summed E-state index contributed by atoms with van der Waals surface area (Å²) >= 11 is 0. The molecule has 1 nitrogen and oxygen atoms in total. The molecule has 23 heavy (non-hydrogen) atoms. The zero-order valence-electron chi connectivity index (χ0n) is 14.0. The molecule has 1 fully saturated rings. The molecule has 1 aliphatic carbocycles. The highest BCUT2D eigenvalue weighted by atomic mass is 14.7. The molecule has 4 rings (SSSR count). The zero-order chi connectivity index (χ0) is 15.6. The van der Waals surface area contributed by atoms with Crippen molar-refractivity contribution in [2.75, 3.05) is 0 Å². The number of rotatable bonds is 3. The van der Waals surface area contributed by atoms with Gasteiger partial charge in [-0.1, -0.05) is 69.0 Å². The van der Waals surface area contributed by atoms with Crippen molar-refractivity contribution in [3.8, 4) is 0 Å². The van der Waals surface area contributed by atoms with Crippen LogP contribution < -0.4 is 0 Å². The first-order valence-electron chi connectivity index (χ1n) is 9.07. The molecule has 0 amide bonds. The fourth-order valence-electron chi connectivity index (χ4n) is 4.16. The SMILES string of the molecule is CC1CCC(CCc2c3ccccc3nc3ccccc23)CC1. The average Bonchev–Trinajstić information content (AvgIpc) is 2.60. The van der Waals surface area contributed by atoms with Crippen LogP contribution in [-0.2, 0) is 6.42 Å². The predicted molar refractivity (Wildman–Crippen MR) is 98.7 cm³/mol. The van der Waals surface area contributed by atoms with Crippen molar-refractivity contribution < 1.29 is 0 Å². The van der Waals surface area contributed by atoms with E-state index in [0.29, 0.717) is 0 Å². The highest BCUT2D eigenvalue weighted by molar-refractivity contribution is 5.97. The first-order valence-corrected chi connectivity index (χ1v) is 9.07. The minimum Gasteiger partial charge on any atom is -0.248 e. The van der Waals surface area contributed by atoms with Gasteiger partial charge in [0.25, 0.3) is 0 Å². The molecule has 0 saturated heterocycles. The number of para-hydroxylation sites is 2. The van der Waals surface area contributed by atoms with Crippen molar-refractivity contribution in [3.05, 3.63) is 54.1 Å². The summed E-state index contributed by atoms with van der Waals surface area (Å²) in [4.78, 5) is 4.84. The van der Waals surface area contributed by atoms with Gasteiger partial charge < -0.3 is 0 Å². The summed E-state index contributed by atoms with van der Waals surface area (Å²) < 4.78 is 0. The van der Waals surface area contributed by atoms with Gasteiger partial charge in [-0.15, -0.1) is 0 Å². The monoisotopic (exact) mass is 303 g/mol. The molecule has 1 saturated carbocycles. The first-order chi connectivity index (χ1) is 11.3. The van der Waals surface area contributed by atoms with Crippen LogP contribution in [0.15, 0.2) is 48.5 Å². The van der Waals surface area contributed by atoms with E-state index in [-0.39, 0.29) is 0 Å². The summed E-state index contributed by atoms with van der Waals surface area (Å²) in [5, 5.41) is 2.69. The summed E-state index contributed by atoms with van der Waals surface area (Å²) in [6, 6.07) is 17.3. The van der Waals surface area contributed by atoms with E-state index in [2.05, 4.69) is 55.5 Å². The Morgan fingerprint density at radius 2 is 1.39 bits per heavy atom. The zero-order valence-corrected chi connectivity index (χ0v) is 14.0. The van der Waals surface area contributed by atoms with Crippen LogP contribution >= 0.6 is 0 Å². The second kappa shape index (κ2) is 6.31. The second-order valence-electron chi connectivity index (χ2n) is 7.29. The molecule has 2 aromatic carbocycles. The van der Waals surface area contributed by atoms with Gasteiger partial charge in [0.2, 0.25) is 0 Å². The Morgan fingerprint density at radius 3 is 2.00 bits per heavy atom. The van der Waals surface area contributed by atoms with E-state index in [1.165, 1.54) is 54.9 Å². The standard InChI is InChI=1S/C22H25N/c1-16-10-12-17(13-11-16)14-15-18-19-6-2-4-8-21(19)23-22-9-5-3-7-20(18)22/h2-9,16-17H,10-15H2,1H3. The number of aryl methyl sites for hydroxylation is 1. The maximum atomic E-state index is 4.84. The van der Waals surface area contributed by atoms with Crippen molar-refractivity contribution in [2.45, 2.75) is 45.4 Å². The normalized spacial score (nSPS) is 21.8. The maximum absolute atomic E-state index is 4.84. The Kier molecular flexibility index (Phi) is 4.03. The Morgan fingerprint density at radius 1 is 0.826 bits per heavy atom. The molecule has 3 aromatic rings. The third kappa shape index (κ3) is 2.97. The largest absolute Gasteiger partial charge is 0.248 e. The summed E-state index contributed by atoms with van der Waals surface area (Å²) in [6.45, 7) is 2.40. The quantitative estimate of drug-likeness (QED) is 0.529. The molecule has 118 valence electrons. The molecule has 0 atom stereocenters. The minimum atomic E-state index is 0.914. The van der Waals surface area contributed by atoms with Crippen LogP contribution in [0.25, 0.3) is 21.8 Å². The van der Waals surface area contributed by atoms with Gasteiger partial charge >= 0.3 is 0 Å². The van der Waals surface area contributed by atoms with Crippen molar-refractivity contribution in [1.29, 1.82) is 0 Å². The summed E-state index contributed by atoms with van der Waals surface area (Å²) in [6.07, 6.45) is 8.18. The highest BCUT2D eigenvalue weighted by Gasteiger charge is 2.19. The highest BCUT2D eigenvalue weighted by Crippen LogP contribution is 2.33. The van der Waals surface area contributed by atoms with E-state index in [4.69, 9.17) is 4.98 Å². The Balaban J connectivity index is 1.68. The first kappa shape index (κ1) is 14.7. The lowest BCUT2D eigenvalue weighted by Gasteiger charge is -2.26. The molecule has 1 heteroatoms. The lowest BCUT2D eigenvalue weighted by Crippen LogP contribution is -2.13. The van der Waals surface area contributed by atoms with Crippen LogP contribution in [0.3, 0.4) is 0 Å². The van der Waals surface area contributed by atoms with Crippen molar-refractivity contribution in [1.82, 2.24) is 4.98 Å². The summed E-state index contributed by atoms with van der Waals surface area (Å²) in [5.41, 5.74) is 3.78. The number of fused-ring (bicyclic) bond motifs is 2. The molecule has 1 aliphatic rings. The molecule has 0 unspecified atom stereocenters. The van der Waals surface area contributed by atoms with Gasteiger partial charge in [0.05, 0.1) is 11.0 Å². The molecule has 0 N–H and O–H groups in total. The van der Waals surface area contributed by atoms with Crippen LogP contribution in [0.1, 0.15) is 44.6 Å². The molecule has 1 aromatic heterocycles. The van der Waals surface area contributed by atoms with Gasteiger partial charge in [-0.05, 0) is 42.4 Å². The Bertz CT molecular complexity index is 758. The van der Waals surface area contributed by atoms with Crippen LogP contribution in [-0.4, -0.2) is 4.98 Å². The molecule has 0 radical (unpaired) electrons. The predicted octanol–water partition coefficient (Wildman–Crippen LogP) is 6.15. The van der Waals surface area contributed by atoms with E-state index in [0.717, 1.165) is 22.9 Å². The van der Waals surface area contributed by atoms with Crippen LogP contribution in [0, 0.1) is 11.8 Å². The van der Waals surface area contributed by atoms with Crippen molar-refractivity contribution in [2.24, 2.45) is 11.8 Å². The number of aromatic nitrogens is 1. The van der Waals surface area contributed by atoms with Gasteiger partial charge in [-0.2, -0.15) is 0 Å². The number of nitrogens with zero attached hydrogens (tertiary/aromatic N) is 1. The van der Waals surface area contributed by atoms with Crippen LogP contribution in [0.4, 0.5) is 0 Å². The second-order valence-corrected chi connectivity index (χ2v) is 7.29. The van der Waals surface area contributed by atoms with E-state index in [1.807, 2.05) is 0 Å². The molecular weight excluding hydrogens is 278 g/mol. The van der Waals surface area contributed by atoms with Gasteiger partial charge in [-0.25, -0.2) is 4.98 Å². The number of pyridine rings is 1. The Hall–Kier alpha value is -1.89. The van der Waals surface area contributed by atoms with Crippen LogP contribution in [0.5, 0.6) is 0 Å². The van der Waals surface area contributed by atoms with Crippen LogP contribution in [0.2, 0.25) is 0 Å². The van der Waals surface area contributed by atoms with E-state index in [9.17, 15) is 0 Å². The Labute approximate surface area is 138 Å². The van der Waals surface area contributed by atoms with Gasteiger partial charge in [-0.3, -0.25) is 0 Å². The summed E-state index contributed by atoms with van der Waals surface area (Å²) in [7, 11) is 0. The van der Waals surface area contributed by atoms with Crippen molar-refractivity contribution in [3.63, 3.8) is 0 Å². The third-order valence-electron chi connectivity index (χ3n) is 5.64. The lowest BCUT2D eigenvalue weighted by atomic mass is 9.80. The summed E-state index contributed by atoms with van der Waals surface area (Å²) in [5.74, 6) is 1.85. The van der Waals surface area contributed by atoms with Gasteiger partial charge in [0, 0.05) is 10.8 Å². The molecular formula is C22H25N. The smallest absolute Gasteiger partial charge is 0.0712 e. The minimum absolute atomic E-state index is 0.914. The fourth-order valence-corrected chi connectivity index (χ4v) is 4.16. The van der Waals surface area contributed by atoms with Crippen molar-refractivity contribution >= 4 is 21.8 Å². The number of benzene rings is 2. The molecule has 0 bridgehead atoms. The van der Waals surface area contributed by atoms with Gasteiger partial charge in [0.15, 0.2) is 0 Å².